The lowest BCUT2D eigenvalue weighted by Gasteiger charge is -2.12. The van der Waals surface area contributed by atoms with Crippen molar-refractivity contribution in [3.63, 3.8) is 0 Å². The molecule has 4 nitrogen and oxygen atoms in total. The van der Waals surface area contributed by atoms with Crippen LogP contribution in [-0.2, 0) is 11.2 Å². The van der Waals surface area contributed by atoms with E-state index in [1.807, 2.05) is 0 Å². The summed E-state index contributed by atoms with van der Waals surface area (Å²) in [5, 5.41) is 11.9. The second-order valence-electron chi connectivity index (χ2n) is 3.73. The van der Waals surface area contributed by atoms with E-state index in [0.717, 1.165) is 0 Å². The third-order valence-electron chi connectivity index (χ3n) is 2.69. The number of hydrogen-bond acceptors (Lipinski definition) is 3. The van der Waals surface area contributed by atoms with Gasteiger partial charge in [0.2, 0.25) is 0 Å². The Labute approximate surface area is 92.0 Å². The van der Waals surface area contributed by atoms with Crippen molar-refractivity contribution < 1.29 is 14.4 Å². The second-order valence-corrected chi connectivity index (χ2v) is 3.73. The summed E-state index contributed by atoms with van der Waals surface area (Å²) in [6, 6.07) is 4.09. The van der Waals surface area contributed by atoms with Gasteiger partial charge in [-0.3, -0.25) is 4.79 Å². The van der Waals surface area contributed by atoms with Gasteiger partial charge in [-0.15, -0.1) is 0 Å². The molecule has 16 heavy (non-hydrogen) atoms. The molecule has 84 valence electrons. The van der Waals surface area contributed by atoms with Crippen LogP contribution in [0.25, 0.3) is 0 Å². The summed E-state index contributed by atoms with van der Waals surface area (Å²) >= 11 is 0. The average Bonchev–Trinajstić information content (AvgIpc) is 2.38. The van der Waals surface area contributed by atoms with E-state index in [4.69, 9.17) is 5.21 Å². The molecule has 0 saturated carbocycles. The van der Waals surface area contributed by atoms with Crippen molar-refractivity contribution in [3.05, 3.63) is 35.1 Å². The predicted octanol–water partition coefficient (Wildman–Crippen LogP) is 1.02. The lowest BCUT2D eigenvalue weighted by atomic mass is 10.0. The molecule has 0 saturated heterocycles. The number of carbonyl (C=O) groups is 1. The van der Waals surface area contributed by atoms with E-state index < -0.39 is 0 Å². The predicted molar refractivity (Wildman–Crippen MR) is 56.1 cm³/mol. The Morgan fingerprint density at radius 3 is 2.94 bits per heavy atom. The van der Waals surface area contributed by atoms with Crippen LogP contribution in [-0.4, -0.2) is 35.3 Å². The van der Waals surface area contributed by atoms with Gasteiger partial charge in [0, 0.05) is 19.2 Å². The van der Waals surface area contributed by atoms with Crippen molar-refractivity contribution in [1.82, 2.24) is 4.90 Å². The smallest absolute Gasteiger partial charge is 0.276 e. The molecule has 0 spiro atoms. The standard InChI is InChI=1S/C11H11FN2O2/c1-14-5-4-7-6-8(12)2-3-9(7)10(13-16)11(14)15/h2-3,6,16H,4-5H2,1H3/b13-10-. The Balaban J connectivity index is 2.58. The van der Waals surface area contributed by atoms with Crippen LogP contribution in [0.5, 0.6) is 0 Å². The van der Waals surface area contributed by atoms with E-state index in [-0.39, 0.29) is 17.4 Å². The van der Waals surface area contributed by atoms with E-state index in [0.29, 0.717) is 24.1 Å². The number of nitrogens with zero attached hydrogens (tertiary/aromatic N) is 2. The van der Waals surface area contributed by atoms with Gasteiger partial charge in [-0.1, -0.05) is 5.16 Å². The van der Waals surface area contributed by atoms with E-state index >= 15 is 0 Å². The molecule has 1 aromatic carbocycles. The van der Waals surface area contributed by atoms with Gasteiger partial charge in [-0.05, 0) is 30.2 Å². The van der Waals surface area contributed by atoms with Crippen molar-refractivity contribution in [1.29, 1.82) is 0 Å². The number of rotatable bonds is 0. The zero-order chi connectivity index (χ0) is 11.7. The van der Waals surface area contributed by atoms with E-state index in [9.17, 15) is 9.18 Å². The number of fused-ring (bicyclic) bond motifs is 1. The van der Waals surface area contributed by atoms with Gasteiger partial charge in [0.15, 0.2) is 5.71 Å². The quantitative estimate of drug-likeness (QED) is 0.526. The minimum Gasteiger partial charge on any atom is -0.410 e. The van der Waals surface area contributed by atoms with Crippen LogP contribution in [0.15, 0.2) is 23.4 Å². The maximum atomic E-state index is 13.1. The summed E-state index contributed by atoms with van der Waals surface area (Å²) in [6.07, 6.45) is 0.550. The first-order valence-electron chi connectivity index (χ1n) is 4.90. The molecule has 1 N–H and O–H groups in total. The highest BCUT2D eigenvalue weighted by Crippen LogP contribution is 2.18. The molecule has 0 aromatic heterocycles. The Morgan fingerprint density at radius 1 is 1.50 bits per heavy atom. The molecule has 0 aliphatic carbocycles. The van der Waals surface area contributed by atoms with E-state index in [1.165, 1.54) is 23.1 Å². The highest BCUT2D eigenvalue weighted by Gasteiger charge is 2.25. The fourth-order valence-electron chi connectivity index (χ4n) is 1.78. The maximum Gasteiger partial charge on any atom is 0.276 e. The third kappa shape index (κ3) is 1.64. The van der Waals surface area contributed by atoms with Gasteiger partial charge < -0.3 is 10.1 Å². The Kier molecular flexibility index (Phi) is 2.60. The average molecular weight is 222 g/mol. The number of halogens is 1. The number of carbonyl (C=O) groups excluding carboxylic acids is 1. The van der Waals surface area contributed by atoms with Crippen LogP contribution in [0.1, 0.15) is 11.1 Å². The lowest BCUT2D eigenvalue weighted by molar-refractivity contribution is -0.122. The SMILES string of the molecule is CN1CCc2cc(F)ccc2/C(=N/O)C1=O. The van der Waals surface area contributed by atoms with Crippen LogP contribution < -0.4 is 0 Å². The molecule has 1 aliphatic heterocycles. The van der Waals surface area contributed by atoms with Gasteiger partial charge in [0.1, 0.15) is 5.82 Å². The molecule has 0 radical (unpaired) electrons. The maximum absolute atomic E-state index is 13.1. The Bertz CT molecular complexity index is 471. The van der Waals surface area contributed by atoms with Crippen LogP contribution in [0.3, 0.4) is 0 Å². The minimum absolute atomic E-state index is 0.0324. The number of hydrogen-bond donors (Lipinski definition) is 1. The molecule has 5 heteroatoms. The van der Waals surface area contributed by atoms with Crippen LogP contribution in [0.4, 0.5) is 4.39 Å². The fraction of sp³-hybridized carbons (Fsp3) is 0.273. The lowest BCUT2D eigenvalue weighted by Crippen LogP contribution is -2.32. The molecule has 0 fully saturated rings. The van der Waals surface area contributed by atoms with Crippen molar-refractivity contribution in [2.75, 3.05) is 13.6 Å². The van der Waals surface area contributed by atoms with Crippen molar-refractivity contribution >= 4 is 11.6 Å². The largest absolute Gasteiger partial charge is 0.410 e. The van der Waals surface area contributed by atoms with Crippen LogP contribution >= 0.6 is 0 Å². The highest BCUT2D eigenvalue weighted by molar-refractivity contribution is 6.45. The first kappa shape index (κ1) is 10.6. The topological polar surface area (TPSA) is 52.9 Å². The molecular weight excluding hydrogens is 211 g/mol. The van der Waals surface area contributed by atoms with Crippen molar-refractivity contribution in [2.45, 2.75) is 6.42 Å². The summed E-state index contributed by atoms with van der Waals surface area (Å²) in [4.78, 5) is 13.2. The fourth-order valence-corrected chi connectivity index (χ4v) is 1.78. The summed E-state index contributed by atoms with van der Waals surface area (Å²) in [5.74, 6) is -0.707. The molecular formula is C11H11FN2O2. The van der Waals surface area contributed by atoms with Gasteiger partial charge in [0.25, 0.3) is 5.91 Å². The summed E-state index contributed by atoms with van der Waals surface area (Å²) in [6.45, 7) is 0.480. The van der Waals surface area contributed by atoms with E-state index in [1.54, 1.807) is 7.05 Å². The highest BCUT2D eigenvalue weighted by atomic mass is 19.1. The number of amides is 1. The number of oxime groups is 1. The first-order valence-corrected chi connectivity index (χ1v) is 4.90. The van der Waals surface area contributed by atoms with Gasteiger partial charge in [-0.2, -0.15) is 0 Å². The van der Waals surface area contributed by atoms with Crippen molar-refractivity contribution in [3.8, 4) is 0 Å². The van der Waals surface area contributed by atoms with Crippen LogP contribution in [0, 0.1) is 5.82 Å². The number of benzene rings is 1. The summed E-state index contributed by atoms with van der Waals surface area (Å²) in [5.41, 5.74) is 1.15. The Morgan fingerprint density at radius 2 is 2.25 bits per heavy atom. The normalized spacial score (nSPS) is 18.5. The first-order chi connectivity index (χ1) is 7.63. The summed E-state index contributed by atoms with van der Waals surface area (Å²) < 4.78 is 13.1. The van der Waals surface area contributed by atoms with E-state index in [2.05, 4.69) is 5.16 Å². The molecule has 1 aliphatic rings. The molecule has 0 unspecified atom stereocenters. The second kappa shape index (κ2) is 3.92. The zero-order valence-electron chi connectivity index (χ0n) is 8.77. The summed E-state index contributed by atoms with van der Waals surface area (Å²) in [7, 11) is 1.62. The van der Waals surface area contributed by atoms with Gasteiger partial charge in [-0.25, -0.2) is 4.39 Å². The monoisotopic (exact) mass is 222 g/mol. The Hall–Kier alpha value is -1.91. The molecule has 1 amide bonds. The minimum atomic E-state index is -0.354. The third-order valence-corrected chi connectivity index (χ3v) is 2.69. The molecule has 2 rings (SSSR count). The zero-order valence-corrected chi connectivity index (χ0v) is 8.77. The molecule has 1 aromatic rings. The molecule has 0 atom stereocenters. The molecule has 0 bridgehead atoms. The van der Waals surface area contributed by atoms with Gasteiger partial charge in [0.05, 0.1) is 0 Å². The van der Waals surface area contributed by atoms with Crippen molar-refractivity contribution in [2.24, 2.45) is 5.16 Å². The number of likely N-dealkylation sites (N-methyl/N-ethyl adjacent to an activating group) is 1. The molecule has 1 heterocycles. The van der Waals surface area contributed by atoms with Crippen LogP contribution in [0.2, 0.25) is 0 Å². The van der Waals surface area contributed by atoms with Gasteiger partial charge >= 0.3 is 0 Å².